The molecule has 2 amide bonds. The molecule has 31 heavy (non-hydrogen) atoms. The van der Waals surface area contributed by atoms with Crippen molar-refractivity contribution in [3.05, 3.63) is 24.0 Å². The van der Waals surface area contributed by atoms with Crippen molar-refractivity contribution in [1.82, 2.24) is 10.4 Å². The Labute approximate surface area is 176 Å². The number of hydrazine groups is 1. The zero-order chi connectivity index (χ0) is 22.5. The molecule has 2 aliphatic heterocycles. The van der Waals surface area contributed by atoms with Gasteiger partial charge in [0.05, 0.1) is 31.6 Å². The fraction of sp³-hybridized carbons (Fsp3) is 0.526. The average Bonchev–Trinajstić information content (AvgIpc) is 2.95. The van der Waals surface area contributed by atoms with Crippen LogP contribution in [0, 0.1) is 5.82 Å². The van der Waals surface area contributed by atoms with E-state index in [2.05, 4.69) is 10.2 Å². The number of benzene rings is 1. The lowest BCUT2D eigenvalue weighted by Crippen LogP contribution is -2.43. The summed E-state index contributed by atoms with van der Waals surface area (Å²) >= 11 is 0. The Kier molecular flexibility index (Phi) is 7.21. The van der Waals surface area contributed by atoms with Crippen molar-refractivity contribution >= 4 is 29.3 Å². The minimum atomic E-state index is -3.05. The standard InChI is InChI=1S/C19H23F3N4O5/c1-30-19(29)26-9-8-24(7-6-23-26)15-4-2-12(10-14(15)20)25-11-13(31-18(25)28)3-5-16(27)17(21)22/h2,4,10,13,17,23H,3,5-9,11H2,1H3/t13-/m0/s1. The maximum Gasteiger partial charge on any atom is 0.424 e. The zero-order valence-corrected chi connectivity index (χ0v) is 16.9. The van der Waals surface area contributed by atoms with Crippen molar-refractivity contribution in [3.63, 3.8) is 0 Å². The smallest absolute Gasteiger partial charge is 0.424 e. The van der Waals surface area contributed by atoms with E-state index in [1.165, 1.54) is 29.2 Å². The molecule has 12 heteroatoms. The van der Waals surface area contributed by atoms with E-state index in [4.69, 9.17) is 4.74 Å². The second-order valence-corrected chi connectivity index (χ2v) is 7.07. The largest absolute Gasteiger partial charge is 0.452 e. The fourth-order valence-electron chi connectivity index (χ4n) is 3.45. The molecule has 0 spiro atoms. The Bertz CT molecular complexity index is 841. The first-order valence-electron chi connectivity index (χ1n) is 9.72. The average molecular weight is 444 g/mol. The van der Waals surface area contributed by atoms with Crippen LogP contribution < -0.4 is 15.2 Å². The number of carbonyl (C=O) groups is 3. The minimum absolute atomic E-state index is 0.0244. The van der Waals surface area contributed by atoms with Gasteiger partial charge in [-0.1, -0.05) is 0 Å². The number of rotatable bonds is 6. The SMILES string of the molecule is COC(=O)N1CCN(c2ccc(N3C[C@H](CCC(=O)C(F)F)OC3=O)cc2F)CCN1. The summed E-state index contributed by atoms with van der Waals surface area (Å²) in [6.07, 6.45) is -5.46. The number of methoxy groups -OCH3 is 1. The highest BCUT2D eigenvalue weighted by molar-refractivity contribution is 5.90. The third kappa shape index (κ3) is 5.37. The van der Waals surface area contributed by atoms with E-state index in [1.807, 2.05) is 0 Å². The van der Waals surface area contributed by atoms with Crippen LogP contribution in [0.1, 0.15) is 12.8 Å². The number of hydrogen-bond donors (Lipinski definition) is 1. The van der Waals surface area contributed by atoms with Gasteiger partial charge in [0.1, 0.15) is 11.9 Å². The number of nitrogens with one attached hydrogen (secondary N) is 1. The van der Waals surface area contributed by atoms with Crippen molar-refractivity contribution in [2.75, 3.05) is 49.6 Å². The van der Waals surface area contributed by atoms with E-state index in [1.54, 1.807) is 11.0 Å². The van der Waals surface area contributed by atoms with Crippen LogP contribution in [0.15, 0.2) is 18.2 Å². The van der Waals surface area contributed by atoms with Gasteiger partial charge in [0.2, 0.25) is 0 Å². The molecule has 0 radical (unpaired) electrons. The van der Waals surface area contributed by atoms with Gasteiger partial charge in [-0.2, -0.15) is 0 Å². The summed E-state index contributed by atoms with van der Waals surface area (Å²) in [6, 6.07) is 4.28. The maximum absolute atomic E-state index is 14.8. The highest BCUT2D eigenvalue weighted by Crippen LogP contribution is 2.29. The Morgan fingerprint density at radius 2 is 2.06 bits per heavy atom. The van der Waals surface area contributed by atoms with Gasteiger partial charge in [0, 0.05) is 26.1 Å². The summed E-state index contributed by atoms with van der Waals surface area (Å²) in [5.74, 6) is -1.77. The molecule has 2 heterocycles. The van der Waals surface area contributed by atoms with Gasteiger partial charge in [-0.25, -0.2) is 33.2 Å². The lowest BCUT2D eigenvalue weighted by molar-refractivity contribution is -0.129. The first kappa shape index (κ1) is 22.7. The van der Waals surface area contributed by atoms with Crippen LogP contribution in [0.5, 0.6) is 0 Å². The van der Waals surface area contributed by atoms with Gasteiger partial charge in [-0.3, -0.25) is 9.69 Å². The number of cyclic esters (lactones) is 1. The maximum atomic E-state index is 14.8. The molecule has 1 atom stereocenters. The molecule has 2 fully saturated rings. The normalized spacial score (nSPS) is 19.5. The van der Waals surface area contributed by atoms with E-state index < -0.39 is 42.7 Å². The number of hydrogen-bond acceptors (Lipinski definition) is 7. The number of halogens is 3. The lowest BCUT2D eigenvalue weighted by atomic mass is 10.1. The Morgan fingerprint density at radius 1 is 1.29 bits per heavy atom. The number of ether oxygens (including phenoxy) is 2. The molecular formula is C19H23F3N4O5. The number of carbonyl (C=O) groups excluding carboxylic acids is 3. The van der Waals surface area contributed by atoms with E-state index in [-0.39, 0.29) is 25.2 Å². The van der Waals surface area contributed by atoms with Crippen LogP contribution in [0.25, 0.3) is 0 Å². The molecular weight excluding hydrogens is 421 g/mol. The Morgan fingerprint density at radius 3 is 2.74 bits per heavy atom. The monoisotopic (exact) mass is 444 g/mol. The number of nitrogens with zero attached hydrogens (tertiary/aromatic N) is 3. The number of Topliss-reactive ketones (excluding diaryl/α,β-unsaturated/α-hetero) is 1. The quantitative estimate of drug-likeness (QED) is 0.719. The number of ketones is 1. The molecule has 3 rings (SSSR count). The highest BCUT2D eigenvalue weighted by Gasteiger charge is 2.33. The van der Waals surface area contributed by atoms with Crippen LogP contribution in [-0.2, 0) is 14.3 Å². The van der Waals surface area contributed by atoms with Crippen LogP contribution in [0.4, 0.5) is 34.1 Å². The molecule has 0 bridgehead atoms. The highest BCUT2D eigenvalue weighted by atomic mass is 19.3. The third-order valence-corrected chi connectivity index (χ3v) is 5.09. The molecule has 1 aromatic rings. The van der Waals surface area contributed by atoms with E-state index in [0.29, 0.717) is 25.3 Å². The second-order valence-electron chi connectivity index (χ2n) is 7.07. The Balaban J connectivity index is 1.63. The number of anilines is 2. The Hall–Kier alpha value is -3.02. The summed E-state index contributed by atoms with van der Waals surface area (Å²) in [4.78, 5) is 37.8. The third-order valence-electron chi connectivity index (χ3n) is 5.09. The van der Waals surface area contributed by atoms with Crippen molar-refractivity contribution in [2.45, 2.75) is 25.4 Å². The van der Waals surface area contributed by atoms with Crippen LogP contribution >= 0.6 is 0 Å². The second kappa shape index (κ2) is 9.86. The van der Waals surface area contributed by atoms with Crippen molar-refractivity contribution < 1.29 is 37.0 Å². The van der Waals surface area contributed by atoms with Gasteiger partial charge >= 0.3 is 12.2 Å². The van der Waals surface area contributed by atoms with Gasteiger partial charge in [0.15, 0.2) is 5.78 Å². The van der Waals surface area contributed by atoms with Gasteiger partial charge < -0.3 is 14.4 Å². The topological polar surface area (TPSA) is 91.4 Å². The van der Waals surface area contributed by atoms with Crippen LogP contribution in [-0.4, -0.2) is 75.3 Å². The summed E-state index contributed by atoms with van der Waals surface area (Å²) < 4.78 is 49.2. The molecule has 9 nitrogen and oxygen atoms in total. The van der Waals surface area contributed by atoms with E-state index >= 15 is 0 Å². The first-order chi connectivity index (χ1) is 14.8. The molecule has 1 N–H and O–H groups in total. The number of alkyl halides is 2. The molecule has 0 unspecified atom stereocenters. The first-order valence-corrected chi connectivity index (χ1v) is 9.72. The summed E-state index contributed by atoms with van der Waals surface area (Å²) in [5.41, 5.74) is 3.47. The van der Waals surface area contributed by atoms with E-state index in [0.717, 1.165) is 0 Å². The van der Waals surface area contributed by atoms with Gasteiger partial charge in [-0.15, -0.1) is 0 Å². The molecule has 0 aromatic heterocycles. The van der Waals surface area contributed by atoms with Gasteiger partial charge in [0.25, 0.3) is 6.43 Å². The summed E-state index contributed by atoms with van der Waals surface area (Å²) in [5, 5.41) is 1.31. The predicted octanol–water partition coefficient (Wildman–Crippen LogP) is 2.16. The van der Waals surface area contributed by atoms with E-state index in [9.17, 15) is 27.6 Å². The molecule has 0 aliphatic carbocycles. The molecule has 1 aromatic carbocycles. The van der Waals surface area contributed by atoms with Crippen LogP contribution in [0.3, 0.4) is 0 Å². The molecule has 170 valence electrons. The summed E-state index contributed by atoms with van der Waals surface area (Å²) in [6.45, 7) is 1.52. The zero-order valence-electron chi connectivity index (χ0n) is 16.9. The van der Waals surface area contributed by atoms with Crippen LogP contribution in [0.2, 0.25) is 0 Å². The van der Waals surface area contributed by atoms with Crippen molar-refractivity contribution in [1.29, 1.82) is 0 Å². The molecule has 0 saturated carbocycles. The van der Waals surface area contributed by atoms with Crippen molar-refractivity contribution in [3.8, 4) is 0 Å². The molecule has 2 aliphatic rings. The predicted molar refractivity (Wildman–Crippen MR) is 104 cm³/mol. The summed E-state index contributed by atoms with van der Waals surface area (Å²) in [7, 11) is 1.27. The van der Waals surface area contributed by atoms with Gasteiger partial charge in [-0.05, 0) is 24.6 Å². The number of amides is 2. The lowest BCUT2D eigenvalue weighted by Gasteiger charge is -2.24. The molecule has 2 saturated heterocycles. The fourth-order valence-corrected chi connectivity index (χ4v) is 3.45. The minimum Gasteiger partial charge on any atom is -0.452 e. The van der Waals surface area contributed by atoms with Crippen molar-refractivity contribution in [2.24, 2.45) is 0 Å².